The molecule has 0 saturated heterocycles. The van der Waals surface area contributed by atoms with E-state index in [-0.39, 0.29) is 5.91 Å². The van der Waals surface area contributed by atoms with Gasteiger partial charge in [-0.1, -0.05) is 24.3 Å². The minimum atomic E-state index is 0.0221. The van der Waals surface area contributed by atoms with E-state index < -0.39 is 0 Å². The molecule has 0 aliphatic heterocycles. The molecular formula is C23H23BrN2O3. The van der Waals surface area contributed by atoms with Crippen LogP contribution in [0.15, 0.2) is 71.5 Å². The molecule has 1 heterocycles. The Balaban J connectivity index is 1.41. The van der Waals surface area contributed by atoms with E-state index in [1.54, 1.807) is 19.5 Å². The van der Waals surface area contributed by atoms with E-state index in [9.17, 15) is 4.79 Å². The first kappa shape index (κ1) is 20.9. The number of ether oxygens (including phenoxy) is 2. The number of hydrogen-bond acceptors (Lipinski definition) is 4. The van der Waals surface area contributed by atoms with Crippen molar-refractivity contribution in [2.24, 2.45) is 0 Å². The van der Waals surface area contributed by atoms with Crippen molar-refractivity contribution in [3.63, 3.8) is 0 Å². The van der Waals surface area contributed by atoms with Crippen molar-refractivity contribution < 1.29 is 14.3 Å². The first-order chi connectivity index (χ1) is 14.1. The van der Waals surface area contributed by atoms with Crippen LogP contribution in [0.5, 0.6) is 11.5 Å². The van der Waals surface area contributed by atoms with Gasteiger partial charge in [-0.05, 0) is 63.8 Å². The van der Waals surface area contributed by atoms with Crippen molar-refractivity contribution in [2.45, 2.75) is 26.0 Å². The van der Waals surface area contributed by atoms with Gasteiger partial charge in [-0.2, -0.15) is 0 Å². The van der Waals surface area contributed by atoms with E-state index in [1.807, 2.05) is 54.6 Å². The number of carbonyl (C=O) groups is 1. The SMILES string of the molecule is COc1ccc(CCC(=O)NCc2ccc(OCc3cccnc3)cc2)cc1Br. The first-order valence-corrected chi connectivity index (χ1v) is 10.1. The summed E-state index contributed by atoms with van der Waals surface area (Å²) in [4.78, 5) is 16.2. The molecule has 0 radical (unpaired) electrons. The number of hydrogen-bond donors (Lipinski definition) is 1. The third-order valence-corrected chi connectivity index (χ3v) is 5.02. The van der Waals surface area contributed by atoms with Gasteiger partial charge < -0.3 is 14.8 Å². The highest BCUT2D eigenvalue weighted by molar-refractivity contribution is 9.10. The van der Waals surface area contributed by atoms with E-state index in [4.69, 9.17) is 9.47 Å². The Hall–Kier alpha value is -2.86. The highest BCUT2D eigenvalue weighted by atomic mass is 79.9. The zero-order chi connectivity index (χ0) is 20.5. The van der Waals surface area contributed by atoms with Crippen LogP contribution in [0.25, 0.3) is 0 Å². The average molecular weight is 455 g/mol. The Morgan fingerprint density at radius 3 is 2.55 bits per heavy atom. The summed E-state index contributed by atoms with van der Waals surface area (Å²) < 4.78 is 11.9. The average Bonchev–Trinajstić information content (AvgIpc) is 2.76. The molecule has 3 aromatic rings. The third kappa shape index (κ3) is 6.61. The molecule has 0 aliphatic carbocycles. The summed E-state index contributed by atoms with van der Waals surface area (Å²) in [5.74, 6) is 1.59. The van der Waals surface area contributed by atoms with Gasteiger partial charge in [0.1, 0.15) is 18.1 Å². The second-order valence-corrected chi connectivity index (χ2v) is 7.39. The number of aromatic nitrogens is 1. The lowest BCUT2D eigenvalue weighted by Crippen LogP contribution is -2.22. The fourth-order valence-corrected chi connectivity index (χ4v) is 3.35. The highest BCUT2D eigenvalue weighted by Crippen LogP contribution is 2.26. The second kappa shape index (κ2) is 10.6. The number of rotatable bonds is 9. The Labute approximate surface area is 179 Å². The van der Waals surface area contributed by atoms with Crippen molar-refractivity contribution in [3.05, 3.63) is 88.2 Å². The number of methoxy groups -OCH3 is 1. The van der Waals surface area contributed by atoms with Crippen LogP contribution >= 0.6 is 15.9 Å². The van der Waals surface area contributed by atoms with Crippen LogP contribution in [0.4, 0.5) is 0 Å². The molecule has 0 unspecified atom stereocenters. The van der Waals surface area contributed by atoms with Crippen LogP contribution in [0.3, 0.4) is 0 Å². The van der Waals surface area contributed by atoms with E-state index in [0.29, 0.717) is 26.0 Å². The standard InChI is InChI=1S/C23H23BrN2O3/c1-28-22-10-6-17(13-21(22)24)7-11-23(27)26-15-18-4-8-20(9-5-18)29-16-19-3-2-12-25-14-19/h2-6,8-10,12-14H,7,11,15-16H2,1H3,(H,26,27). The number of carbonyl (C=O) groups excluding carboxylic acids is 1. The van der Waals surface area contributed by atoms with Crippen LogP contribution < -0.4 is 14.8 Å². The predicted octanol–water partition coefficient (Wildman–Crippen LogP) is 4.68. The number of halogens is 1. The van der Waals surface area contributed by atoms with Gasteiger partial charge >= 0.3 is 0 Å². The van der Waals surface area contributed by atoms with Gasteiger partial charge in [0.05, 0.1) is 11.6 Å². The van der Waals surface area contributed by atoms with Crippen LogP contribution in [-0.2, 0) is 24.4 Å². The summed E-state index contributed by atoms with van der Waals surface area (Å²) in [6.07, 6.45) is 4.64. The number of benzene rings is 2. The van der Waals surface area contributed by atoms with Gasteiger partial charge in [-0.25, -0.2) is 0 Å². The maximum absolute atomic E-state index is 12.1. The molecule has 29 heavy (non-hydrogen) atoms. The molecule has 5 nitrogen and oxygen atoms in total. The van der Waals surface area contributed by atoms with Gasteiger partial charge in [0, 0.05) is 30.9 Å². The third-order valence-electron chi connectivity index (χ3n) is 4.40. The fourth-order valence-electron chi connectivity index (χ4n) is 2.77. The Kier molecular flexibility index (Phi) is 7.64. The lowest BCUT2D eigenvalue weighted by atomic mass is 10.1. The Morgan fingerprint density at radius 2 is 1.86 bits per heavy atom. The van der Waals surface area contributed by atoms with Crippen molar-refractivity contribution >= 4 is 21.8 Å². The lowest BCUT2D eigenvalue weighted by Gasteiger charge is -2.09. The van der Waals surface area contributed by atoms with Crippen LogP contribution in [0.2, 0.25) is 0 Å². The molecule has 0 aliphatic rings. The maximum Gasteiger partial charge on any atom is 0.220 e. The van der Waals surface area contributed by atoms with Crippen molar-refractivity contribution in [3.8, 4) is 11.5 Å². The monoisotopic (exact) mass is 454 g/mol. The first-order valence-electron chi connectivity index (χ1n) is 9.34. The summed E-state index contributed by atoms with van der Waals surface area (Å²) in [7, 11) is 1.63. The number of nitrogens with one attached hydrogen (secondary N) is 1. The molecule has 1 amide bonds. The summed E-state index contributed by atoms with van der Waals surface area (Å²) in [5.41, 5.74) is 3.13. The van der Waals surface area contributed by atoms with Gasteiger partial charge in [-0.15, -0.1) is 0 Å². The molecule has 0 spiro atoms. The van der Waals surface area contributed by atoms with Crippen LogP contribution in [0, 0.1) is 0 Å². The topological polar surface area (TPSA) is 60.5 Å². The Morgan fingerprint density at radius 1 is 1.07 bits per heavy atom. The predicted molar refractivity (Wildman–Crippen MR) is 116 cm³/mol. The number of pyridine rings is 1. The zero-order valence-corrected chi connectivity index (χ0v) is 17.8. The molecule has 6 heteroatoms. The van der Waals surface area contributed by atoms with E-state index in [2.05, 4.69) is 26.2 Å². The van der Waals surface area contributed by atoms with Crippen LogP contribution in [0.1, 0.15) is 23.1 Å². The maximum atomic E-state index is 12.1. The van der Waals surface area contributed by atoms with Crippen molar-refractivity contribution in [1.29, 1.82) is 0 Å². The Bertz CT molecular complexity index is 931. The van der Waals surface area contributed by atoms with Gasteiger partial charge in [-0.3, -0.25) is 9.78 Å². The van der Waals surface area contributed by atoms with E-state index in [1.165, 1.54) is 0 Å². The number of aryl methyl sites for hydroxylation is 1. The van der Waals surface area contributed by atoms with Crippen molar-refractivity contribution in [2.75, 3.05) is 7.11 Å². The second-order valence-electron chi connectivity index (χ2n) is 6.54. The molecule has 1 aromatic heterocycles. The van der Waals surface area contributed by atoms with Gasteiger partial charge in [0.15, 0.2) is 0 Å². The zero-order valence-electron chi connectivity index (χ0n) is 16.2. The van der Waals surface area contributed by atoms with Gasteiger partial charge in [0.2, 0.25) is 5.91 Å². The molecule has 0 fully saturated rings. The van der Waals surface area contributed by atoms with Crippen molar-refractivity contribution in [1.82, 2.24) is 10.3 Å². The molecule has 0 atom stereocenters. The van der Waals surface area contributed by atoms with Crippen LogP contribution in [-0.4, -0.2) is 18.0 Å². The fraction of sp³-hybridized carbons (Fsp3) is 0.217. The molecule has 3 rings (SSSR count). The summed E-state index contributed by atoms with van der Waals surface area (Å²) in [5, 5.41) is 2.96. The minimum absolute atomic E-state index is 0.0221. The highest BCUT2D eigenvalue weighted by Gasteiger charge is 2.06. The largest absolute Gasteiger partial charge is 0.496 e. The smallest absolute Gasteiger partial charge is 0.220 e. The quantitative estimate of drug-likeness (QED) is 0.509. The normalized spacial score (nSPS) is 10.4. The van der Waals surface area contributed by atoms with E-state index >= 15 is 0 Å². The molecule has 0 bridgehead atoms. The summed E-state index contributed by atoms with van der Waals surface area (Å²) in [6, 6.07) is 17.4. The molecule has 1 N–H and O–H groups in total. The lowest BCUT2D eigenvalue weighted by molar-refractivity contribution is -0.121. The molecule has 150 valence electrons. The number of amides is 1. The summed E-state index contributed by atoms with van der Waals surface area (Å²) >= 11 is 3.47. The minimum Gasteiger partial charge on any atom is -0.496 e. The summed E-state index contributed by atoms with van der Waals surface area (Å²) in [6.45, 7) is 0.972. The molecule has 2 aromatic carbocycles. The van der Waals surface area contributed by atoms with Gasteiger partial charge in [0.25, 0.3) is 0 Å². The molecular weight excluding hydrogens is 432 g/mol. The molecule has 0 saturated carbocycles. The van der Waals surface area contributed by atoms with E-state index in [0.717, 1.165) is 32.7 Å². The number of nitrogens with zero attached hydrogens (tertiary/aromatic N) is 1.